The molecule has 2 aliphatic rings. The molecular weight excluding hydrogens is 286 g/mol. The van der Waals surface area contributed by atoms with Crippen molar-refractivity contribution in [3.8, 4) is 0 Å². The van der Waals surface area contributed by atoms with E-state index in [2.05, 4.69) is 10.0 Å². The van der Waals surface area contributed by atoms with Gasteiger partial charge in [-0.3, -0.25) is 0 Å². The molecule has 0 spiro atoms. The molecule has 0 amide bonds. The summed E-state index contributed by atoms with van der Waals surface area (Å²) in [5.41, 5.74) is 1.01. The molecule has 1 aromatic rings. The van der Waals surface area contributed by atoms with Gasteiger partial charge in [0.15, 0.2) is 0 Å². The van der Waals surface area contributed by atoms with E-state index in [4.69, 9.17) is 0 Å². The average molecular weight is 311 g/mol. The molecule has 1 heterocycles. The lowest BCUT2D eigenvalue weighted by molar-refractivity contribution is 0.260. The van der Waals surface area contributed by atoms with E-state index in [1.165, 1.54) is 19.3 Å². The summed E-state index contributed by atoms with van der Waals surface area (Å²) < 4.78 is 29.6. The number of rotatable bonds is 7. The number of hydrogen-bond acceptors (Lipinski definition) is 3. The Morgan fingerprint density at radius 1 is 1.33 bits per heavy atom. The van der Waals surface area contributed by atoms with E-state index in [1.54, 1.807) is 12.3 Å². The third-order valence-electron chi connectivity index (χ3n) is 4.74. The van der Waals surface area contributed by atoms with Crippen LogP contribution in [-0.2, 0) is 23.6 Å². The van der Waals surface area contributed by atoms with Crippen LogP contribution in [0.2, 0.25) is 0 Å². The number of sulfonamides is 1. The first-order chi connectivity index (χ1) is 9.95. The minimum Gasteiger partial charge on any atom is -0.352 e. The van der Waals surface area contributed by atoms with Gasteiger partial charge in [0.2, 0.25) is 10.0 Å². The number of aryl methyl sites for hydroxylation is 1. The van der Waals surface area contributed by atoms with Gasteiger partial charge in [0.25, 0.3) is 0 Å². The molecule has 3 rings (SSSR count). The van der Waals surface area contributed by atoms with Gasteiger partial charge in [-0.25, -0.2) is 13.1 Å². The predicted octanol–water partition coefficient (Wildman–Crippen LogP) is 1.74. The molecule has 2 fully saturated rings. The molecule has 5 nitrogen and oxygen atoms in total. The molecule has 0 aliphatic heterocycles. The largest absolute Gasteiger partial charge is 0.352 e. The second kappa shape index (κ2) is 5.74. The molecule has 1 unspecified atom stereocenters. The van der Waals surface area contributed by atoms with Crippen LogP contribution in [0.25, 0.3) is 0 Å². The average Bonchev–Trinajstić information content (AvgIpc) is 3.07. The summed E-state index contributed by atoms with van der Waals surface area (Å²) in [5, 5.41) is 3.42. The molecule has 0 bridgehead atoms. The summed E-state index contributed by atoms with van der Waals surface area (Å²) in [5.74, 6) is 0.500. The Morgan fingerprint density at radius 2 is 2.05 bits per heavy atom. The maximum atomic E-state index is 12.5. The summed E-state index contributed by atoms with van der Waals surface area (Å²) >= 11 is 0. The van der Waals surface area contributed by atoms with Crippen molar-refractivity contribution in [1.29, 1.82) is 0 Å². The molecule has 118 valence electrons. The van der Waals surface area contributed by atoms with Crippen molar-refractivity contribution in [3.05, 3.63) is 18.0 Å². The molecule has 2 saturated carbocycles. The zero-order valence-electron chi connectivity index (χ0n) is 12.8. The number of nitrogens with one attached hydrogen (secondary N) is 2. The third-order valence-corrected chi connectivity index (χ3v) is 6.27. The Morgan fingerprint density at radius 3 is 2.62 bits per heavy atom. The van der Waals surface area contributed by atoms with E-state index in [0.29, 0.717) is 16.9 Å². The minimum atomic E-state index is -3.40. The fourth-order valence-corrected chi connectivity index (χ4v) is 4.19. The Balaban J connectivity index is 1.67. The van der Waals surface area contributed by atoms with Crippen molar-refractivity contribution < 1.29 is 8.42 Å². The van der Waals surface area contributed by atoms with Gasteiger partial charge < -0.3 is 9.88 Å². The van der Waals surface area contributed by atoms with Crippen LogP contribution in [-0.4, -0.2) is 25.1 Å². The second-order valence-electron chi connectivity index (χ2n) is 6.53. The molecule has 1 aromatic heterocycles. The number of hydrogen-bond donors (Lipinski definition) is 2. The van der Waals surface area contributed by atoms with Crippen LogP contribution in [0.1, 0.15) is 44.7 Å². The Kier molecular flexibility index (Phi) is 4.12. The molecule has 6 heteroatoms. The maximum Gasteiger partial charge on any atom is 0.242 e. The lowest BCUT2D eigenvalue weighted by Gasteiger charge is -2.31. The summed E-state index contributed by atoms with van der Waals surface area (Å²) in [6, 6.07) is 2.43. The van der Waals surface area contributed by atoms with Crippen molar-refractivity contribution >= 4 is 10.0 Å². The van der Waals surface area contributed by atoms with E-state index in [1.807, 2.05) is 18.5 Å². The van der Waals surface area contributed by atoms with Crippen molar-refractivity contribution in [2.45, 2.75) is 62.6 Å². The summed E-state index contributed by atoms with van der Waals surface area (Å²) in [6.45, 7) is 2.70. The molecule has 0 saturated heterocycles. The summed E-state index contributed by atoms with van der Waals surface area (Å²) in [7, 11) is -1.50. The van der Waals surface area contributed by atoms with Gasteiger partial charge in [-0.1, -0.05) is 6.42 Å². The topological polar surface area (TPSA) is 63.1 Å². The van der Waals surface area contributed by atoms with Crippen molar-refractivity contribution in [1.82, 2.24) is 14.6 Å². The summed E-state index contributed by atoms with van der Waals surface area (Å²) in [6.07, 6.45) is 7.66. The molecule has 0 aromatic carbocycles. The molecule has 21 heavy (non-hydrogen) atoms. The maximum absolute atomic E-state index is 12.5. The van der Waals surface area contributed by atoms with Gasteiger partial charge in [0, 0.05) is 37.6 Å². The van der Waals surface area contributed by atoms with E-state index >= 15 is 0 Å². The van der Waals surface area contributed by atoms with Crippen molar-refractivity contribution in [2.75, 3.05) is 0 Å². The van der Waals surface area contributed by atoms with Crippen LogP contribution in [0.4, 0.5) is 0 Å². The highest BCUT2D eigenvalue weighted by molar-refractivity contribution is 7.89. The van der Waals surface area contributed by atoms with Gasteiger partial charge >= 0.3 is 0 Å². The first kappa shape index (κ1) is 15.1. The first-order valence-corrected chi connectivity index (χ1v) is 9.35. The molecular formula is C15H25N3O2S. The quantitative estimate of drug-likeness (QED) is 0.806. The van der Waals surface area contributed by atoms with Crippen molar-refractivity contribution in [3.63, 3.8) is 0 Å². The number of nitrogens with zero attached hydrogens (tertiary/aromatic N) is 1. The standard InChI is InChI=1S/C15H25N3O2S/c1-11(12-4-3-5-12)17-21(19,20)15-8-14(18(2)10-15)9-16-13-6-7-13/h8,10-13,16-17H,3-7,9H2,1-2H3. The third kappa shape index (κ3) is 3.49. The highest BCUT2D eigenvalue weighted by Gasteiger charge is 2.28. The van der Waals surface area contributed by atoms with Gasteiger partial charge in [-0.05, 0) is 44.6 Å². The Hall–Kier alpha value is -0.850. The van der Waals surface area contributed by atoms with Gasteiger partial charge in [-0.15, -0.1) is 0 Å². The molecule has 2 aliphatic carbocycles. The minimum absolute atomic E-state index is 0.0250. The van der Waals surface area contributed by atoms with Gasteiger partial charge in [0.1, 0.15) is 0 Å². The SMILES string of the molecule is CC(NS(=O)(=O)c1cc(CNC2CC2)n(C)c1)C1CCC1. The van der Waals surface area contributed by atoms with Crippen LogP contribution in [0, 0.1) is 5.92 Å². The highest BCUT2D eigenvalue weighted by Crippen LogP contribution is 2.30. The monoisotopic (exact) mass is 311 g/mol. The van der Waals surface area contributed by atoms with Crippen molar-refractivity contribution in [2.24, 2.45) is 13.0 Å². The first-order valence-electron chi connectivity index (χ1n) is 7.86. The fourth-order valence-electron chi connectivity index (χ4n) is 2.78. The van der Waals surface area contributed by atoms with Crippen LogP contribution in [0.15, 0.2) is 17.2 Å². The lowest BCUT2D eigenvalue weighted by atomic mass is 9.81. The van der Waals surface area contributed by atoms with Crippen LogP contribution >= 0.6 is 0 Å². The Bertz CT molecular complexity index is 600. The van der Waals surface area contributed by atoms with E-state index < -0.39 is 10.0 Å². The van der Waals surface area contributed by atoms with Crippen LogP contribution in [0.5, 0.6) is 0 Å². The smallest absolute Gasteiger partial charge is 0.242 e. The number of aromatic nitrogens is 1. The second-order valence-corrected chi connectivity index (χ2v) is 8.25. The van der Waals surface area contributed by atoms with Gasteiger partial charge in [-0.2, -0.15) is 0 Å². The summed E-state index contributed by atoms with van der Waals surface area (Å²) in [4.78, 5) is 0.378. The lowest BCUT2D eigenvalue weighted by Crippen LogP contribution is -2.40. The van der Waals surface area contributed by atoms with Gasteiger partial charge in [0.05, 0.1) is 4.90 Å². The molecule has 0 radical (unpaired) electrons. The van der Waals surface area contributed by atoms with Crippen LogP contribution < -0.4 is 10.0 Å². The van der Waals surface area contributed by atoms with E-state index in [9.17, 15) is 8.42 Å². The zero-order valence-corrected chi connectivity index (χ0v) is 13.6. The van der Waals surface area contributed by atoms with E-state index in [-0.39, 0.29) is 6.04 Å². The van der Waals surface area contributed by atoms with E-state index in [0.717, 1.165) is 25.1 Å². The highest BCUT2D eigenvalue weighted by atomic mass is 32.2. The molecule has 2 N–H and O–H groups in total. The van der Waals surface area contributed by atoms with Crippen LogP contribution in [0.3, 0.4) is 0 Å². The zero-order chi connectivity index (χ0) is 15.0. The fraction of sp³-hybridized carbons (Fsp3) is 0.733. The molecule has 1 atom stereocenters. The Labute approximate surface area is 127 Å². The normalized spacial score (nSPS) is 21.2. The predicted molar refractivity (Wildman–Crippen MR) is 82.4 cm³/mol.